The van der Waals surface area contributed by atoms with Crippen molar-refractivity contribution in [1.29, 1.82) is 0 Å². The molecule has 1 aliphatic heterocycles. The highest BCUT2D eigenvalue weighted by Gasteiger charge is 2.38. The first-order chi connectivity index (χ1) is 16.0. The molecule has 4 rings (SSSR count). The molecule has 172 valence electrons. The van der Waals surface area contributed by atoms with E-state index in [9.17, 15) is 9.59 Å². The average molecular weight is 446 g/mol. The number of rotatable bonds is 9. The first-order valence-corrected chi connectivity index (χ1v) is 11.5. The molecular weight excluding hydrogens is 414 g/mol. The van der Waals surface area contributed by atoms with Crippen LogP contribution in [0.1, 0.15) is 43.7 Å². The van der Waals surface area contributed by atoms with Crippen molar-refractivity contribution in [2.45, 2.75) is 57.0 Å². The largest absolute Gasteiger partial charge is 0.496 e. The fourth-order valence-corrected chi connectivity index (χ4v) is 4.84. The molecule has 1 fully saturated rings. The van der Waals surface area contributed by atoms with Gasteiger partial charge in [-0.3, -0.25) is 14.6 Å². The van der Waals surface area contributed by atoms with E-state index in [0.717, 1.165) is 40.5 Å². The van der Waals surface area contributed by atoms with Crippen molar-refractivity contribution < 1.29 is 14.3 Å². The fraction of sp³-hybridized carbons (Fsp3) is 0.370. The van der Waals surface area contributed by atoms with E-state index in [1.54, 1.807) is 13.3 Å². The van der Waals surface area contributed by atoms with Crippen LogP contribution < -0.4 is 15.4 Å². The zero-order chi connectivity index (χ0) is 23.3. The lowest BCUT2D eigenvalue weighted by Crippen LogP contribution is -2.45. The van der Waals surface area contributed by atoms with Gasteiger partial charge >= 0.3 is 0 Å². The number of methoxy groups -OCH3 is 1. The van der Waals surface area contributed by atoms with Crippen LogP contribution in [0, 0.1) is 0 Å². The number of nitrogens with zero attached hydrogens (tertiary/aromatic N) is 1. The smallest absolute Gasteiger partial charge is 0.220 e. The summed E-state index contributed by atoms with van der Waals surface area (Å²) in [5, 5.41) is 8.46. The summed E-state index contributed by atoms with van der Waals surface area (Å²) in [5.74, 6) is 0.894. The Morgan fingerprint density at radius 3 is 2.70 bits per heavy atom. The Morgan fingerprint density at radius 2 is 2.00 bits per heavy atom. The maximum absolute atomic E-state index is 12.7. The third kappa shape index (κ3) is 5.51. The quantitative estimate of drug-likeness (QED) is 0.522. The molecule has 1 saturated heterocycles. The SMILES string of the molecule is COc1ccc(C[C@]2(CCC(=O)N[C@@H](C)Cc3cccnc3)CCC(=O)N2)c2ccccc12. The summed E-state index contributed by atoms with van der Waals surface area (Å²) in [6.07, 6.45) is 7.17. The second-order valence-electron chi connectivity index (χ2n) is 9.01. The number of amides is 2. The Bertz CT molecular complexity index is 1130. The minimum Gasteiger partial charge on any atom is -0.496 e. The van der Waals surface area contributed by atoms with Crippen LogP contribution in [0.2, 0.25) is 0 Å². The van der Waals surface area contributed by atoms with Crippen LogP contribution in [0.3, 0.4) is 0 Å². The lowest BCUT2D eigenvalue weighted by Gasteiger charge is -2.30. The van der Waals surface area contributed by atoms with Crippen LogP contribution in [0.25, 0.3) is 10.8 Å². The van der Waals surface area contributed by atoms with Gasteiger partial charge in [0.2, 0.25) is 11.8 Å². The van der Waals surface area contributed by atoms with E-state index in [2.05, 4.69) is 33.8 Å². The molecule has 3 aromatic rings. The summed E-state index contributed by atoms with van der Waals surface area (Å²) in [6, 6.07) is 16.1. The topological polar surface area (TPSA) is 80.3 Å². The summed E-state index contributed by atoms with van der Waals surface area (Å²) < 4.78 is 5.53. The van der Waals surface area contributed by atoms with E-state index in [4.69, 9.17) is 4.74 Å². The number of fused-ring (bicyclic) bond motifs is 1. The van der Waals surface area contributed by atoms with Crippen LogP contribution in [-0.2, 0) is 22.4 Å². The maximum atomic E-state index is 12.7. The van der Waals surface area contributed by atoms with Gasteiger partial charge < -0.3 is 15.4 Å². The van der Waals surface area contributed by atoms with E-state index in [1.165, 1.54) is 0 Å². The second-order valence-corrected chi connectivity index (χ2v) is 9.01. The van der Waals surface area contributed by atoms with Gasteiger partial charge in [0, 0.05) is 42.2 Å². The first-order valence-electron chi connectivity index (χ1n) is 11.5. The molecule has 6 nitrogen and oxygen atoms in total. The van der Waals surface area contributed by atoms with Gasteiger partial charge in [0.25, 0.3) is 0 Å². The highest BCUT2D eigenvalue weighted by Crippen LogP contribution is 2.34. The number of carbonyl (C=O) groups excluding carboxylic acids is 2. The van der Waals surface area contributed by atoms with Crippen molar-refractivity contribution in [1.82, 2.24) is 15.6 Å². The molecule has 2 heterocycles. The van der Waals surface area contributed by atoms with Crippen LogP contribution in [-0.4, -0.2) is 35.5 Å². The number of hydrogen-bond acceptors (Lipinski definition) is 4. The Hall–Kier alpha value is -3.41. The number of pyridine rings is 1. The number of nitrogens with one attached hydrogen (secondary N) is 2. The van der Waals surface area contributed by atoms with Crippen LogP contribution >= 0.6 is 0 Å². The molecule has 2 atom stereocenters. The van der Waals surface area contributed by atoms with Gasteiger partial charge in [0.05, 0.1) is 7.11 Å². The Labute approximate surface area is 194 Å². The fourth-order valence-electron chi connectivity index (χ4n) is 4.84. The minimum absolute atomic E-state index is 0.00602. The van der Waals surface area contributed by atoms with Crippen LogP contribution in [0.15, 0.2) is 60.9 Å². The summed E-state index contributed by atoms with van der Waals surface area (Å²) in [7, 11) is 1.67. The van der Waals surface area contributed by atoms with E-state index in [-0.39, 0.29) is 17.9 Å². The minimum atomic E-state index is -0.418. The molecule has 2 amide bonds. The Kier molecular flexibility index (Phi) is 6.92. The normalized spacial score (nSPS) is 18.7. The van der Waals surface area contributed by atoms with E-state index in [1.807, 2.05) is 43.5 Å². The van der Waals surface area contributed by atoms with Gasteiger partial charge in [0.15, 0.2) is 0 Å². The molecular formula is C27H31N3O3. The molecule has 2 N–H and O–H groups in total. The molecule has 0 spiro atoms. The lowest BCUT2D eigenvalue weighted by molar-refractivity contribution is -0.123. The van der Waals surface area contributed by atoms with Crippen molar-refractivity contribution in [3.63, 3.8) is 0 Å². The summed E-state index contributed by atoms with van der Waals surface area (Å²) in [6.45, 7) is 2.00. The molecule has 0 unspecified atom stereocenters. The number of aromatic nitrogens is 1. The first kappa shape index (κ1) is 22.8. The molecule has 0 saturated carbocycles. The van der Waals surface area contributed by atoms with Gasteiger partial charge in [-0.25, -0.2) is 0 Å². The molecule has 0 aliphatic carbocycles. The van der Waals surface area contributed by atoms with Crippen LogP contribution in [0.4, 0.5) is 0 Å². The van der Waals surface area contributed by atoms with Crippen molar-refractivity contribution >= 4 is 22.6 Å². The summed E-state index contributed by atoms with van der Waals surface area (Å²) in [4.78, 5) is 29.1. The molecule has 6 heteroatoms. The second kappa shape index (κ2) is 10.0. The average Bonchev–Trinajstić information content (AvgIpc) is 3.19. The van der Waals surface area contributed by atoms with Crippen molar-refractivity contribution in [3.8, 4) is 5.75 Å². The summed E-state index contributed by atoms with van der Waals surface area (Å²) in [5.41, 5.74) is 1.83. The van der Waals surface area contributed by atoms with E-state index >= 15 is 0 Å². The predicted molar refractivity (Wildman–Crippen MR) is 129 cm³/mol. The van der Waals surface area contributed by atoms with Gasteiger partial charge in [-0.05, 0) is 61.3 Å². The van der Waals surface area contributed by atoms with Gasteiger partial charge in [-0.2, -0.15) is 0 Å². The van der Waals surface area contributed by atoms with Crippen molar-refractivity contribution in [2.75, 3.05) is 7.11 Å². The third-order valence-electron chi connectivity index (χ3n) is 6.46. The maximum Gasteiger partial charge on any atom is 0.220 e. The lowest BCUT2D eigenvalue weighted by atomic mass is 9.83. The van der Waals surface area contributed by atoms with Crippen molar-refractivity contribution in [2.24, 2.45) is 0 Å². The third-order valence-corrected chi connectivity index (χ3v) is 6.46. The molecule has 1 aliphatic rings. The van der Waals surface area contributed by atoms with Gasteiger partial charge in [0.1, 0.15) is 5.75 Å². The van der Waals surface area contributed by atoms with Crippen molar-refractivity contribution in [3.05, 3.63) is 72.1 Å². The Morgan fingerprint density at radius 1 is 1.18 bits per heavy atom. The Balaban J connectivity index is 1.45. The molecule has 2 aromatic carbocycles. The molecule has 33 heavy (non-hydrogen) atoms. The summed E-state index contributed by atoms with van der Waals surface area (Å²) >= 11 is 0. The highest BCUT2D eigenvalue weighted by atomic mass is 16.5. The number of carbonyl (C=O) groups is 2. The predicted octanol–water partition coefficient (Wildman–Crippen LogP) is 3.96. The zero-order valence-corrected chi connectivity index (χ0v) is 19.3. The molecule has 0 radical (unpaired) electrons. The molecule has 0 bridgehead atoms. The zero-order valence-electron chi connectivity index (χ0n) is 19.3. The number of hydrogen-bond donors (Lipinski definition) is 2. The molecule has 1 aromatic heterocycles. The van der Waals surface area contributed by atoms with Gasteiger partial charge in [-0.15, -0.1) is 0 Å². The highest BCUT2D eigenvalue weighted by molar-refractivity contribution is 5.91. The van der Waals surface area contributed by atoms with Crippen LogP contribution in [0.5, 0.6) is 5.75 Å². The monoisotopic (exact) mass is 445 g/mol. The number of benzene rings is 2. The van der Waals surface area contributed by atoms with Gasteiger partial charge in [-0.1, -0.05) is 36.4 Å². The number of ether oxygens (including phenoxy) is 1. The standard InChI is InChI=1S/C27H31N3O3/c1-19(16-20-6-5-15-28-18-20)29-25(31)11-13-27(14-12-26(32)30-27)17-21-9-10-24(33-2)23-8-4-3-7-22(21)23/h3-10,15,18-19H,11-14,16-17H2,1-2H3,(H,29,31)(H,30,32)/t19-,27-/m0/s1. The van der Waals surface area contributed by atoms with E-state index in [0.29, 0.717) is 25.7 Å². The van der Waals surface area contributed by atoms with E-state index < -0.39 is 5.54 Å².